The number of aryl methyl sites for hydroxylation is 1. The first-order chi connectivity index (χ1) is 9.44. The molecule has 1 heterocycles. The number of nitrogens with zero attached hydrogens (tertiary/aromatic N) is 1. The molecule has 0 aliphatic heterocycles. The van der Waals surface area contributed by atoms with E-state index in [9.17, 15) is 18.0 Å². The van der Waals surface area contributed by atoms with Crippen LogP contribution in [0.3, 0.4) is 0 Å². The second-order valence-corrected chi connectivity index (χ2v) is 5.75. The first-order valence-electron chi connectivity index (χ1n) is 6.26. The van der Waals surface area contributed by atoms with Crippen molar-refractivity contribution in [2.24, 2.45) is 0 Å². The van der Waals surface area contributed by atoms with E-state index in [2.05, 4.69) is 15.7 Å². The van der Waals surface area contributed by atoms with Gasteiger partial charge >= 0.3 is 5.69 Å². The predicted molar refractivity (Wildman–Crippen MR) is 74.9 cm³/mol. The molecule has 1 N–H and O–H groups in total. The molecule has 0 saturated heterocycles. The topological polar surface area (TPSA) is 98.2 Å². The normalized spacial score (nSPS) is 11.4. The van der Waals surface area contributed by atoms with Crippen molar-refractivity contribution in [3.63, 3.8) is 0 Å². The summed E-state index contributed by atoms with van der Waals surface area (Å²) in [6, 6.07) is 1.30. The molecule has 0 spiro atoms. The molecule has 8 heteroatoms. The molecule has 112 valence electrons. The van der Waals surface area contributed by atoms with Gasteiger partial charge in [0, 0.05) is 18.8 Å². The Hall–Kier alpha value is -1.67. The molecule has 0 bridgehead atoms. The molecule has 1 aromatic heterocycles. The van der Waals surface area contributed by atoms with Gasteiger partial charge < -0.3 is 4.57 Å². The molecule has 0 aliphatic carbocycles. The number of unbranched alkanes of at least 4 members (excludes halogenated alkanes) is 3. The summed E-state index contributed by atoms with van der Waals surface area (Å²) in [6.45, 7) is 3.79. The number of hydrogen-bond donors (Lipinski definition) is 1. The molecule has 0 aliphatic rings. The summed E-state index contributed by atoms with van der Waals surface area (Å²) < 4.78 is 27.9. The van der Waals surface area contributed by atoms with Gasteiger partial charge in [-0.1, -0.05) is 19.4 Å². The van der Waals surface area contributed by atoms with Crippen LogP contribution in [0, 0.1) is 0 Å². The highest BCUT2D eigenvalue weighted by Gasteiger charge is 2.03. The van der Waals surface area contributed by atoms with Crippen molar-refractivity contribution >= 4 is 10.1 Å². The molecule has 1 rings (SSSR count). The van der Waals surface area contributed by atoms with Crippen molar-refractivity contribution in [2.75, 3.05) is 6.61 Å². The van der Waals surface area contributed by atoms with Crippen molar-refractivity contribution in [3.8, 4) is 0 Å². The molecule has 7 nitrogen and oxygen atoms in total. The molecule has 0 amide bonds. The SMILES string of the molecule is C=CS(=O)(=O)OCCCCCCn1ccc(=O)[nH]c1=O. The second-order valence-electron chi connectivity index (χ2n) is 4.20. The van der Waals surface area contributed by atoms with E-state index in [-0.39, 0.29) is 6.61 Å². The van der Waals surface area contributed by atoms with Crippen LogP contribution in [0.1, 0.15) is 25.7 Å². The van der Waals surface area contributed by atoms with Crippen molar-refractivity contribution in [1.82, 2.24) is 9.55 Å². The molecule has 0 aromatic carbocycles. The zero-order valence-corrected chi connectivity index (χ0v) is 11.9. The quantitative estimate of drug-likeness (QED) is 0.531. The highest BCUT2D eigenvalue weighted by molar-refractivity contribution is 7.89. The van der Waals surface area contributed by atoms with Crippen LogP contribution in [-0.4, -0.2) is 24.6 Å². The van der Waals surface area contributed by atoms with Gasteiger partial charge in [-0.05, 0) is 12.8 Å². The number of aromatic amines is 1. The van der Waals surface area contributed by atoms with E-state index in [1.165, 1.54) is 16.8 Å². The third kappa shape index (κ3) is 5.98. The van der Waals surface area contributed by atoms with E-state index in [0.717, 1.165) is 24.7 Å². The molecule has 0 unspecified atom stereocenters. The van der Waals surface area contributed by atoms with Gasteiger partial charge in [0.15, 0.2) is 0 Å². The summed E-state index contributed by atoms with van der Waals surface area (Å²) >= 11 is 0. The van der Waals surface area contributed by atoms with Gasteiger partial charge in [0.05, 0.1) is 12.0 Å². The molecule has 0 atom stereocenters. The number of aromatic nitrogens is 2. The zero-order chi connectivity index (χ0) is 15.0. The fourth-order valence-corrected chi connectivity index (χ4v) is 2.03. The highest BCUT2D eigenvalue weighted by atomic mass is 32.2. The lowest BCUT2D eigenvalue weighted by Gasteiger charge is -2.04. The molecule has 1 aromatic rings. The minimum Gasteiger partial charge on any atom is -0.301 e. The second kappa shape index (κ2) is 7.81. The number of rotatable bonds is 9. The Kier molecular flexibility index (Phi) is 6.40. The fourth-order valence-electron chi connectivity index (χ4n) is 1.58. The Morgan fingerprint density at radius 3 is 2.60 bits per heavy atom. The molecule has 0 radical (unpaired) electrons. The van der Waals surface area contributed by atoms with Crippen LogP contribution in [-0.2, 0) is 20.8 Å². The first kappa shape index (κ1) is 16.4. The van der Waals surface area contributed by atoms with Gasteiger partial charge in [0.2, 0.25) is 0 Å². The van der Waals surface area contributed by atoms with Gasteiger partial charge in [0.25, 0.3) is 15.7 Å². The standard InChI is InChI=1S/C12H18N2O5S/c1-2-20(17,18)19-10-6-4-3-5-8-14-9-7-11(15)13-12(14)16/h2,7,9H,1,3-6,8,10H2,(H,13,15,16). The maximum absolute atomic E-state index is 11.4. The molecule has 0 saturated carbocycles. The lowest BCUT2D eigenvalue weighted by molar-refractivity contribution is 0.311. The number of nitrogens with one attached hydrogen (secondary N) is 1. The maximum atomic E-state index is 11.4. The largest absolute Gasteiger partial charge is 0.328 e. The Morgan fingerprint density at radius 1 is 1.25 bits per heavy atom. The summed E-state index contributed by atoms with van der Waals surface area (Å²) in [4.78, 5) is 24.4. The van der Waals surface area contributed by atoms with Crippen LogP contribution < -0.4 is 11.2 Å². The number of hydrogen-bond acceptors (Lipinski definition) is 5. The van der Waals surface area contributed by atoms with Crippen LogP contribution in [0.2, 0.25) is 0 Å². The molecule has 0 fully saturated rings. The van der Waals surface area contributed by atoms with Gasteiger partial charge in [-0.15, -0.1) is 0 Å². The third-order valence-electron chi connectivity index (χ3n) is 2.64. The van der Waals surface area contributed by atoms with E-state index in [4.69, 9.17) is 0 Å². The first-order valence-corrected chi connectivity index (χ1v) is 7.73. The van der Waals surface area contributed by atoms with E-state index in [1.54, 1.807) is 0 Å². The van der Waals surface area contributed by atoms with Crippen LogP contribution in [0.25, 0.3) is 0 Å². The zero-order valence-electron chi connectivity index (χ0n) is 11.1. The monoisotopic (exact) mass is 302 g/mol. The Balaban J connectivity index is 2.18. The smallest absolute Gasteiger partial charge is 0.301 e. The van der Waals surface area contributed by atoms with Gasteiger partial charge in [0.1, 0.15) is 0 Å². The summed E-state index contributed by atoms with van der Waals surface area (Å²) in [7, 11) is -3.58. The van der Waals surface area contributed by atoms with E-state index in [0.29, 0.717) is 13.0 Å². The van der Waals surface area contributed by atoms with Crippen molar-refractivity contribution in [3.05, 3.63) is 45.1 Å². The summed E-state index contributed by atoms with van der Waals surface area (Å²) in [6.07, 6.45) is 4.47. The maximum Gasteiger partial charge on any atom is 0.328 e. The van der Waals surface area contributed by atoms with Crippen molar-refractivity contribution in [2.45, 2.75) is 32.2 Å². The summed E-state index contributed by atoms with van der Waals surface area (Å²) in [5, 5.41) is 0.773. The molecular formula is C12H18N2O5S. The van der Waals surface area contributed by atoms with Gasteiger partial charge in [-0.25, -0.2) is 4.79 Å². The minimum atomic E-state index is -3.58. The Labute approximate surface area is 117 Å². The van der Waals surface area contributed by atoms with Crippen LogP contribution in [0.5, 0.6) is 0 Å². The predicted octanol–water partition coefficient (Wildman–Crippen LogP) is 0.587. The third-order valence-corrected chi connectivity index (χ3v) is 3.55. The molecular weight excluding hydrogens is 284 g/mol. The lowest BCUT2D eigenvalue weighted by atomic mass is 10.2. The van der Waals surface area contributed by atoms with E-state index < -0.39 is 21.4 Å². The molecule has 20 heavy (non-hydrogen) atoms. The lowest BCUT2D eigenvalue weighted by Crippen LogP contribution is -2.28. The van der Waals surface area contributed by atoms with Gasteiger partial charge in [-0.2, -0.15) is 8.42 Å². The highest BCUT2D eigenvalue weighted by Crippen LogP contribution is 2.03. The summed E-state index contributed by atoms with van der Waals surface area (Å²) in [5.41, 5.74) is -0.829. The minimum absolute atomic E-state index is 0.132. The van der Waals surface area contributed by atoms with Crippen LogP contribution in [0.4, 0.5) is 0 Å². The van der Waals surface area contributed by atoms with Crippen molar-refractivity contribution in [1.29, 1.82) is 0 Å². The van der Waals surface area contributed by atoms with Gasteiger partial charge in [-0.3, -0.25) is 14.0 Å². The average molecular weight is 302 g/mol. The fraction of sp³-hybridized carbons (Fsp3) is 0.500. The van der Waals surface area contributed by atoms with E-state index in [1.807, 2.05) is 0 Å². The Bertz CT molecular complexity index is 644. The number of H-pyrrole nitrogens is 1. The summed E-state index contributed by atoms with van der Waals surface area (Å²) in [5.74, 6) is 0. The van der Waals surface area contributed by atoms with Crippen LogP contribution >= 0.6 is 0 Å². The van der Waals surface area contributed by atoms with Crippen molar-refractivity contribution < 1.29 is 12.6 Å². The average Bonchev–Trinajstić information content (AvgIpc) is 2.40. The van der Waals surface area contributed by atoms with Crippen LogP contribution in [0.15, 0.2) is 33.8 Å². The Morgan fingerprint density at radius 2 is 1.95 bits per heavy atom. The van der Waals surface area contributed by atoms with E-state index >= 15 is 0 Å².